The first-order chi connectivity index (χ1) is 20.4. The minimum Gasteiger partial charge on any atom is -0.488 e. The first-order valence-corrected chi connectivity index (χ1v) is 14.7. The van der Waals surface area contributed by atoms with Gasteiger partial charge in [-0.3, -0.25) is 14.4 Å². The van der Waals surface area contributed by atoms with Gasteiger partial charge in [-0.1, -0.05) is 6.92 Å². The molecule has 1 rings (SSSR count). The third-order valence-corrected chi connectivity index (χ3v) is 5.61. The van der Waals surface area contributed by atoms with Crippen molar-refractivity contribution in [1.29, 1.82) is 0 Å². The molecule has 0 aliphatic rings. The lowest BCUT2D eigenvalue weighted by Gasteiger charge is -2.09. The Balaban J connectivity index is 1.80. The molecule has 0 aromatic heterocycles. The zero-order valence-electron chi connectivity index (χ0n) is 24.9. The number of nitrogens with two attached hydrogens (primary N) is 1. The van der Waals surface area contributed by atoms with Crippen LogP contribution in [-0.4, -0.2) is 96.8 Å². The van der Waals surface area contributed by atoms with E-state index in [0.717, 1.165) is 12.8 Å². The molecule has 240 valence electrons. The van der Waals surface area contributed by atoms with Crippen molar-refractivity contribution in [2.45, 2.75) is 51.9 Å². The second-order valence-electron chi connectivity index (χ2n) is 9.35. The average Bonchev–Trinajstić information content (AvgIpc) is 2.95. The van der Waals surface area contributed by atoms with Crippen molar-refractivity contribution in [3.63, 3.8) is 0 Å². The van der Waals surface area contributed by atoms with Crippen molar-refractivity contribution in [2.75, 3.05) is 84.8 Å². The second kappa shape index (κ2) is 25.7. The third kappa shape index (κ3) is 21.7. The summed E-state index contributed by atoms with van der Waals surface area (Å²) >= 11 is 0. The Morgan fingerprint density at radius 3 is 1.74 bits per heavy atom. The summed E-state index contributed by atoms with van der Waals surface area (Å²) in [4.78, 5) is 35.1. The molecule has 0 aliphatic carbocycles. The smallest absolute Gasteiger partial charge is 0.220 e. The van der Waals surface area contributed by atoms with Crippen LogP contribution in [0, 0.1) is 5.82 Å². The maximum atomic E-state index is 13.6. The number of carbonyl (C=O) groups is 3. The highest BCUT2D eigenvalue weighted by atomic mass is 19.1. The number of ether oxygens (including phenoxy) is 5. The summed E-state index contributed by atoms with van der Waals surface area (Å²) in [5, 5.41) is 8.38. The number of halogens is 1. The molecule has 0 saturated heterocycles. The number of hydrogen-bond donors (Lipinski definition) is 4. The highest BCUT2D eigenvalue weighted by Crippen LogP contribution is 2.19. The summed E-state index contributed by atoms with van der Waals surface area (Å²) in [6.45, 7) is 7.16. The summed E-state index contributed by atoms with van der Waals surface area (Å²) in [7, 11) is 0. The number of carbonyl (C=O) groups excluding carboxylic acids is 3. The molecule has 0 aliphatic heterocycles. The van der Waals surface area contributed by atoms with Gasteiger partial charge in [-0.25, -0.2) is 4.39 Å². The molecule has 12 nitrogen and oxygen atoms in total. The molecule has 3 amide bonds. The molecule has 0 fully saturated rings. The van der Waals surface area contributed by atoms with Gasteiger partial charge in [0.2, 0.25) is 17.7 Å². The summed E-state index contributed by atoms with van der Waals surface area (Å²) < 4.78 is 40.6. The number of benzene rings is 1. The first-order valence-electron chi connectivity index (χ1n) is 14.7. The number of amides is 3. The fourth-order valence-corrected chi connectivity index (χ4v) is 3.46. The van der Waals surface area contributed by atoms with Crippen LogP contribution in [0.2, 0.25) is 0 Å². The largest absolute Gasteiger partial charge is 0.488 e. The molecular formula is C29H49FN4O8. The van der Waals surface area contributed by atoms with Crippen LogP contribution in [-0.2, 0) is 33.3 Å². The molecule has 0 bridgehead atoms. The number of nitrogens with one attached hydrogen (secondary N) is 3. The normalized spacial score (nSPS) is 10.8. The minimum atomic E-state index is -0.528. The molecule has 1 aromatic rings. The average molecular weight is 601 g/mol. The fraction of sp³-hybridized carbons (Fsp3) is 0.690. The van der Waals surface area contributed by atoms with Gasteiger partial charge in [0.1, 0.15) is 6.61 Å². The third-order valence-electron chi connectivity index (χ3n) is 5.61. The highest BCUT2D eigenvalue weighted by molar-refractivity contribution is 5.78. The summed E-state index contributed by atoms with van der Waals surface area (Å²) in [5.41, 5.74) is 5.81. The molecule has 0 saturated carbocycles. The lowest BCUT2D eigenvalue weighted by Crippen LogP contribution is -2.28. The van der Waals surface area contributed by atoms with E-state index in [1.165, 1.54) is 12.1 Å². The van der Waals surface area contributed by atoms with E-state index in [-0.39, 0.29) is 49.5 Å². The SMILES string of the molecule is CCCC(=O)NCCCOCCOCCOCCCNC(=O)CCCC(=O)NCCOCCOc1ccc(N)cc1F. The van der Waals surface area contributed by atoms with Gasteiger partial charge in [-0.2, -0.15) is 0 Å². The van der Waals surface area contributed by atoms with E-state index in [9.17, 15) is 18.8 Å². The molecule has 0 heterocycles. The van der Waals surface area contributed by atoms with Crippen LogP contribution in [0.15, 0.2) is 18.2 Å². The minimum absolute atomic E-state index is 0.0802. The van der Waals surface area contributed by atoms with E-state index >= 15 is 0 Å². The van der Waals surface area contributed by atoms with Gasteiger partial charge >= 0.3 is 0 Å². The molecule has 13 heteroatoms. The van der Waals surface area contributed by atoms with E-state index in [0.29, 0.717) is 90.8 Å². The summed E-state index contributed by atoms with van der Waals surface area (Å²) in [6, 6.07) is 4.20. The van der Waals surface area contributed by atoms with E-state index in [1.807, 2.05) is 6.92 Å². The van der Waals surface area contributed by atoms with E-state index in [4.69, 9.17) is 29.4 Å². The Kier molecular flexibility index (Phi) is 22.6. The van der Waals surface area contributed by atoms with Crippen LogP contribution in [0.5, 0.6) is 5.75 Å². The topological polar surface area (TPSA) is 159 Å². The first kappa shape index (κ1) is 37.0. The Bertz CT molecular complexity index is 878. The monoisotopic (exact) mass is 600 g/mol. The lowest BCUT2D eigenvalue weighted by molar-refractivity contribution is -0.123. The number of anilines is 1. The fourth-order valence-electron chi connectivity index (χ4n) is 3.46. The molecular weight excluding hydrogens is 551 g/mol. The van der Waals surface area contributed by atoms with Crippen LogP contribution in [0.1, 0.15) is 51.9 Å². The van der Waals surface area contributed by atoms with Crippen molar-refractivity contribution < 1.29 is 42.5 Å². The molecule has 42 heavy (non-hydrogen) atoms. The van der Waals surface area contributed by atoms with E-state index in [1.54, 1.807) is 6.07 Å². The van der Waals surface area contributed by atoms with Gasteiger partial charge < -0.3 is 45.4 Å². The van der Waals surface area contributed by atoms with Crippen molar-refractivity contribution in [1.82, 2.24) is 16.0 Å². The van der Waals surface area contributed by atoms with Crippen LogP contribution in [0.4, 0.5) is 10.1 Å². The van der Waals surface area contributed by atoms with Crippen LogP contribution < -0.4 is 26.4 Å². The van der Waals surface area contributed by atoms with Gasteiger partial charge in [-0.05, 0) is 37.8 Å². The van der Waals surface area contributed by atoms with Crippen molar-refractivity contribution in [3.8, 4) is 5.75 Å². The van der Waals surface area contributed by atoms with Gasteiger partial charge in [0.05, 0.1) is 39.6 Å². The molecule has 0 unspecified atom stereocenters. The Labute approximate surface area is 248 Å². The van der Waals surface area contributed by atoms with Crippen molar-refractivity contribution in [3.05, 3.63) is 24.0 Å². The number of rotatable bonds is 27. The zero-order valence-corrected chi connectivity index (χ0v) is 24.9. The van der Waals surface area contributed by atoms with E-state index in [2.05, 4.69) is 16.0 Å². The van der Waals surface area contributed by atoms with Gasteiger partial charge in [0.15, 0.2) is 11.6 Å². The maximum absolute atomic E-state index is 13.6. The number of hydrogen-bond acceptors (Lipinski definition) is 9. The number of nitrogen functional groups attached to an aromatic ring is 1. The van der Waals surface area contributed by atoms with Crippen molar-refractivity contribution in [2.24, 2.45) is 0 Å². The van der Waals surface area contributed by atoms with Gasteiger partial charge in [-0.15, -0.1) is 0 Å². The summed E-state index contributed by atoms with van der Waals surface area (Å²) in [6.07, 6.45) is 3.84. The van der Waals surface area contributed by atoms with Crippen molar-refractivity contribution >= 4 is 23.4 Å². The molecule has 0 radical (unpaired) electrons. The Morgan fingerprint density at radius 1 is 0.667 bits per heavy atom. The zero-order chi connectivity index (χ0) is 30.7. The standard InChI is InChI=1S/C29H49FN4O8/c1-2-6-27(35)32-11-4-14-38-17-19-41-20-18-39-15-5-12-33-28(36)7-3-8-29(37)34-13-16-40-21-22-42-26-10-9-24(31)23-25(26)30/h9-10,23H,2-8,11-22,31H2,1H3,(H,32,35)(H,33,36)(H,34,37). The van der Waals surface area contributed by atoms with Crippen LogP contribution in [0.3, 0.4) is 0 Å². The van der Waals surface area contributed by atoms with Gasteiger partial charge in [0.25, 0.3) is 0 Å². The summed E-state index contributed by atoms with van der Waals surface area (Å²) in [5.74, 6) is -0.592. The lowest BCUT2D eigenvalue weighted by atomic mass is 10.2. The molecule has 0 spiro atoms. The molecule has 1 aromatic carbocycles. The molecule has 5 N–H and O–H groups in total. The van der Waals surface area contributed by atoms with Crippen LogP contribution in [0.25, 0.3) is 0 Å². The van der Waals surface area contributed by atoms with Gasteiger partial charge in [0, 0.05) is 63.9 Å². The van der Waals surface area contributed by atoms with E-state index < -0.39 is 5.82 Å². The predicted molar refractivity (Wildman–Crippen MR) is 157 cm³/mol. The van der Waals surface area contributed by atoms with Crippen LogP contribution >= 0.6 is 0 Å². The Morgan fingerprint density at radius 2 is 1.17 bits per heavy atom. The maximum Gasteiger partial charge on any atom is 0.220 e. The second-order valence-corrected chi connectivity index (χ2v) is 9.35. The molecule has 0 atom stereocenters. The quantitative estimate of drug-likeness (QED) is 0.0874. The Hall–Kier alpha value is -3.00. The predicted octanol–water partition coefficient (Wildman–Crippen LogP) is 1.95. The highest BCUT2D eigenvalue weighted by Gasteiger charge is 2.06.